The van der Waals surface area contributed by atoms with Gasteiger partial charge in [-0.2, -0.15) is 9.40 Å². The molecule has 0 unspecified atom stereocenters. The van der Waals surface area contributed by atoms with E-state index in [0.717, 1.165) is 12.8 Å². The number of nitrogens with zero attached hydrogens (tertiary/aromatic N) is 4. The van der Waals surface area contributed by atoms with Gasteiger partial charge in [-0.05, 0) is 43.4 Å². The third-order valence-electron chi connectivity index (χ3n) is 5.38. The summed E-state index contributed by atoms with van der Waals surface area (Å²) >= 11 is 0. The number of fused-ring (bicyclic) bond motifs is 1. The molecule has 2 heterocycles. The Morgan fingerprint density at radius 3 is 2.63 bits per heavy atom. The summed E-state index contributed by atoms with van der Waals surface area (Å²) in [4.78, 5) is 7.02. The van der Waals surface area contributed by atoms with Crippen molar-refractivity contribution >= 4 is 20.9 Å². The number of nitrogens with one attached hydrogen (secondary N) is 1. The van der Waals surface area contributed by atoms with Crippen LogP contribution in [0.2, 0.25) is 0 Å². The molecular weight excluding hydrogens is 369 g/mol. The van der Waals surface area contributed by atoms with Gasteiger partial charge >= 0.3 is 0 Å². The van der Waals surface area contributed by atoms with Crippen LogP contribution in [0, 0.1) is 18.7 Å². The monoisotopic (exact) mass is 391 g/mol. The third-order valence-corrected chi connectivity index (χ3v) is 7.21. The number of sulfonamides is 1. The minimum absolute atomic E-state index is 0.0127. The van der Waals surface area contributed by atoms with Crippen molar-refractivity contribution in [3.8, 4) is 11.4 Å². The van der Waals surface area contributed by atoms with E-state index in [1.807, 2.05) is 0 Å². The lowest BCUT2D eigenvalue weighted by atomic mass is 9.82. The average molecular weight is 391 g/mol. The van der Waals surface area contributed by atoms with Crippen molar-refractivity contribution in [3.63, 3.8) is 0 Å². The molecule has 3 aromatic rings. The Morgan fingerprint density at radius 2 is 2.04 bits per heavy atom. The lowest BCUT2D eigenvalue weighted by molar-refractivity contribution is 0.178. The molecule has 0 radical (unpaired) electrons. The van der Waals surface area contributed by atoms with Crippen LogP contribution >= 0.6 is 0 Å². The summed E-state index contributed by atoms with van der Waals surface area (Å²) in [7, 11) is -0.415. The molecular formula is C18H22FN5O2S. The summed E-state index contributed by atoms with van der Waals surface area (Å²) in [6.07, 6.45) is 3.23. The molecule has 7 nitrogen and oxygen atoms in total. The summed E-state index contributed by atoms with van der Waals surface area (Å²) in [5.41, 5.74) is 1.43. The number of aryl methyl sites for hydroxylation is 2. The molecule has 1 fully saturated rings. The van der Waals surface area contributed by atoms with Crippen LogP contribution in [0.15, 0.2) is 23.5 Å². The summed E-state index contributed by atoms with van der Waals surface area (Å²) in [6, 6.07) is 2.85. The lowest BCUT2D eigenvalue weighted by Crippen LogP contribution is -2.44. The zero-order chi connectivity index (χ0) is 19.5. The molecule has 2 aromatic heterocycles. The molecule has 0 spiro atoms. The maximum atomic E-state index is 14.6. The normalized spacial score (nSPS) is 20.4. The Kier molecular flexibility index (Phi) is 4.12. The van der Waals surface area contributed by atoms with E-state index in [1.54, 1.807) is 32.0 Å². The zero-order valence-electron chi connectivity index (χ0n) is 15.7. The predicted molar refractivity (Wildman–Crippen MR) is 100 cm³/mol. The number of H-pyrrole nitrogens is 1. The Morgan fingerprint density at radius 1 is 1.33 bits per heavy atom. The number of benzene rings is 1. The van der Waals surface area contributed by atoms with E-state index in [0.29, 0.717) is 28.3 Å². The molecule has 9 heteroatoms. The Balaban J connectivity index is 1.86. The fraction of sp³-hybridized carbons (Fsp3) is 0.444. The molecule has 0 atom stereocenters. The highest BCUT2D eigenvalue weighted by molar-refractivity contribution is 7.89. The van der Waals surface area contributed by atoms with Crippen LogP contribution in [0.25, 0.3) is 22.3 Å². The maximum Gasteiger partial charge on any atom is 0.258 e. The second-order valence-electron chi connectivity index (χ2n) is 7.47. The van der Waals surface area contributed by atoms with Crippen LogP contribution in [-0.2, 0) is 17.1 Å². The SMILES string of the molecule is Cc1cc(F)c2[nH]c(S(=O)(=O)N(C)[C@H]3C[C@H](C)C3)cc2c1-c1ncn(C)n1. The molecule has 1 aromatic carbocycles. The summed E-state index contributed by atoms with van der Waals surface area (Å²) in [6.45, 7) is 3.86. The van der Waals surface area contributed by atoms with Gasteiger partial charge in [0.15, 0.2) is 5.82 Å². The number of hydrogen-bond donors (Lipinski definition) is 1. The first kappa shape index (κ1) is 18.1. The first-order chi connectivity index (χ1) is 12.7. The van der Waals surface area contributed by atoms with Gasteiger partial charge in [0.25, 0.3) is 10.0 Å². The lowest BCUT2D eigenvalue weighted by Gasteiger charge is -2.38. The Hall–Kier alpha value is -2.26. The maximum absolute atomic E-state index is 14.6. The number of rotatable bonds is 4. The average Bonchev–Trinajstić information content (AvgIpc) is 3.19. The first-order valence-corrected chi connectivity index (χ1v) is 10.3. The zero-order valence-corrected chi connectivity index (χ0v) is 16.5. The number of aromatic nitrogens is 4. The van der Waals surface area contributed by atoms with Crippen molar-refractivity contribution in [2.45, 2.75) is 37.8 Å². The van der Waals surface area contributed by atoms with Crippen LogP contribution in [0.4, 0.5) is 4.39 Å². The molecule has 144 valence electrons. The minimum atomic E-state index is -3.74. The number of halogens is 1. The van der Waals surface area contributed by atoms with Crippen molar-refractivity contribution in [1.29, 1.82) is 0 Å². The van der Waals surface area contributed by atoms with E-state index in [1.165, 1.54) is 16.4 Å². The van der Waals surface area contributed by atoms with Crippen molar-refractivity contribution in [1.82, 2.24) is 24.1 Å². The Bertz CT molecular complexity index is 1130. The van der Waals surface area contributed by atoms with Gasteiger partial charge in [-0.15, -0.1) is 0 Å². The molecule has 1 saturated carbocycles. The van der Waals surface area contributed by atoms with Crippen LogP contribution in [0.3, 0.4) is 0 Å². The highest BCUT2D eigenvalue weighted by Crippen LogP contribution is 2.36. The van der Waals surface area contributed by atoms with Gasteiger partial charge in [-0.1, -0.05) is 6.92 Å². The standard InChI is InChI=1S/C18H22FN5O2S/c1-10-5-12(6-10)24(4)27(25,26)15-8-13-16(18-20-9-23(3)22-18)11(2)7-14(19)17(13)21-15/h7-10,12,21H,5-6H2,1-4H3/t10-,12-. The topological polar surface area (TPSA) is 83.9 Å². The molecule has 4 rings (SSSR count). The molecule has 0 aliphatic heterocycles. The second-order valence-corrected chi connectivity index (χ2v) is 9.43. The van der Waals surface area contributed by atoms with E-state index in [4.69, 9.17) is 0 Å². The molecule has 0 bridgehead atoms. The molecule has 1 aliphatic carbocycles. The van der Waals surface area contributed by atoms with Crippen molar-refractivity contribution < 1.29 is 12.8 Å². The van der Waals surface area contributed by atoms with Crippen LogP contribution in [-0.4, -0.2) is 45.6 Å². The number of aromatic amines is 1. The van der Waals surface area contributed by atoms with Gasteiger partial charge in [0.2, 0.25) is 0 Å². The van der Waals surface area contributed by atoms with Gasteiger partial charge in [-0.25, -0.2) is 17.8 Å². The van der Waals surface area contributed by atoms with Gasteiger partial charge in [0.05, 0.1) is 5.52 Å². The van der Waals surface area contributed by atoms with Crippen LogP contribution in [0.1, 0.15) is 25.3 Å². The first-order valence-electron chi connectivity index (χ1n) is 8.84. The summed E-state index contributed by atoms with van der Waals surface area (Å²) in [5, 5.41) is 4.75. The smallest absolute Gasteiger partial charge is 0.258 e. The molecule has 1 N–H and O–H groups in total. The number of hydrogen-bond acceptors (Lipinski definition) is 4. The van der Waals surface area contributed by atoms with Gasteiger partial charge in [0, 0.05) is 31.1 Å². The fourth-order valence-electron chi connectivity index (χ4n) is 3.76. The minimum Gasteiger partial charge on any atom is -0.342 e. The molecule has 27 heavy (non-hydrogen) atoms. The van der Waals surface area contributed by atoms with Crippen LogP contribution in [0.5, 0.6) is 0 Å². The van der Waals surface area contributed by atoms with E-state index < -0.39 is 15.8 Å². The van der Waals surface area contributed by atoms with Gasteiger partial charge in [-0.3, -0.25) is 4.68 Å². The van der Waals surface area contributed by atoms with Crippen molar-refractivity contribution in [3.05, 3.63) is 29.8 Å². The van der Waals surface area contributed by atoms with Gasteiger partial charge in [0.1, 0.15) is 17.2 Å². The predicted octanol–water partition coefficient (Wildman–Crippen LogP) is 2.83. The van der Waals surface area contributed by atoms with Crippen molar-refractivity contribution in [2.24, 2.45) is 13.0 Å². The van der Waals surface area contributed by atoms with E-state index in [2.05, 4.69) is 22.0 Å². The van der Waals surface area contributed by atoms with E-state index in [9.17, 15) is 12.8 Å². The highest BCUT2D eigenvalue weighted by atomic mass is 32.2. The molecule has 0 saturated heterocycles. The largest absolute Gasteiger partial charge is 0.342 e. The van der Waals surface area contributed by atoms with E-state index >= 15 is 0 Å². The quantitative estimate of drug-likeness (QED) is 0.741. The third kappa shape index (κ3) is 2.85. The molecule has 0 amide bonds. The fourth-order valence-corrected chi connectivity index (χ4v) is 5.13. The van der Waals surface area contributed by atoms with Gasteiger partial charge < -0.3 is 4.98 Å². The second kappa shape index (κ2) is 6.13. The van der Waals surface area contributed by atoms with E-state index in [-0.39, 0.29) is 16.6 Å². The molecule has 1 aliphatic rings. The van der Waals surface area contributed by atoms with Crippen LogP contribution < -0.4 is 0 Å². The highest BCUT2D eigenvalue weighted by Gasteiger charge is 2.36. The van der Waals surface area contributed by atoms with Crippen molar-refractivity contribution in [2.75, 3.05) is 7.05 Å². The summed E-state index contributed by atoms with van der Waals surface area (Å²) < 4.78 is 43.6. The Labute approximate surface area is 157 Å². The summed E-state index contributed by atoms with van der Waals surface area (Å²) in [5.74, 6) is 0.463.